The zero-order valence-corrected chi connectivity index (χ0v) is 8.45. The van der Waals surface area contributed by atoms with Crippen LogP contribution in [0.25, 0.3) is 0 Å². The summed E-state index contributed by atoms with van der Waals surface area (Å²) in [7, 11) is 0. The first kappa shape index (κ1) is 10.4. The maximum atomic E-state index is 8.62. The summed E-state index contributed by atoms with van der Waals surface area (Å²) in [5.74, 6) is 0.725. The molecular weight excluding hydrogens is 176 g/mol. The average molecular weight is 190 g/mol. The summed E-state index contributed by atoms with van der Waals surface area (Å²) in [5.41, 5.74) is 0.928. The molecule has 1 N–H and O–H groups in total. The lowest BCUT2D eigenvalue weighted by Crippen LogP contribution is -2.10. The topological polar surface area (TPSA) is 45.0 Å². The summed E-state index contributed by atoms with van der Waals surface area (Å²) in [6.07, 6.45) is -0.421. The summed E-state index contributed by atoms with van der Waals surface area (Å²) in [4.78, 5) is 0. The molecule has 0 spiro atoms. The fourth-order valence-electron chi connectivity index (χ4n) is 1.12. The second-order valence-electron chi connectivity index (χ2n) is 2.92. The number of rotatable bonds is 4. The summed E-state index contributed by atoms with van der Waals surface area (Å²) in [6, 6.07) is 9.64. The molecule has 3 nitrogen and oxygen atoms in total. The largest absolute Gasteiger partial charge is 0.474 e. The van der Waals surface area contributed by atoms with Crippen LogP contribution in [0.5, 0.6) is 5.75 Å². The smallest absolute Gasteiger partial charge is 0.181 e. The van der Waals surface area contributed by atoms with Crippen LogP contribution in [0.2, 0.25) is 0 Å². The van der Waals surface area contributed by atoms with Crippen LogP contribution >= 0.6 is 0 Å². The van der Waals surface area contributed by atoms with Crippen LogP contribution in [0.4, 0.5) is 5.69 Å². The summed E-state index contributed by atoms with van der Waals surface area (Å²) in [6.45, 7) is 4.58. The maximum absolute atomic E-state index is 8.62. The van der Waals surface area contributed by atoms with Crippen LogP contribution in [0.3, 0.4) is 0 Å². The Hall–Kier alpha value is -1.69. The number of nitriles is 1. The lowest BCUT2D eigenvalue weighted by Gasteiger charge is -2.12. The molecule has 0 fully saturated rings. The van der Waals surface area contributed by atoms with E-state index in [2.05, 4.69) is 5.32 Å². The van der Waals surface area contributed by atoms with Gasteiger partial charge in [-0.1, -0.05) is 12.1 Å². The molecule has 0 aliphatic heterocycles. The molecule has 0 amide bonds. The molecule has 0 aromatic heterocycles. The van der Waals surface area contributed by atoms with Crippen molar-refractivity contribution < 1.29 is 4.74 Å². The first-order valence-corrected chi connectivity index (χ1v) is 4.67. The zero-order chi connectivity index (χ0) is 10.4. The van der Waals surface area contributed by atoms with E-state index in [0.29, 0.717) is 0 Å². The molecule has 0 radical (unpaired) electrons. The Morgan fingerprint density at radius 1 is 1.50 bits per heavy atom. The molecule has 74 valence electrons. The molecule has 1 aromatic carbocycles. The number of nitrogens with one attached hydrogen (secondary N) is 1. The van der Waals surface area contributed by atoms with Crippen molar-refractivity contribution >= 4 is 5.69 Å². The Bertz CT molecular complexity index is 330. The van der Waals surface area contributed by atoms with E-state index in [9.17, 15) is 0 Å². The highest BCUT2D eigenvalue weighted by molar-refractivity contribution is 5.56. The molecule has 0 bridgehead atoms. The summed E-state index contributed by atoms with van der Waals surface area (Å²) < 4.78 is 5.42. The van der Waals surface area contributed by atoms with Crippen LogP contribution in [0.1, 0.15) is 13.8 Å². The van der Waals surface area contributed by atoms with Gasteiger partial charge in [-0.05, 0) is 26.0 Å². The van der Waals surface area contributed by atoms with E-state index in [1.54, 1.807) is 6.92 Å². The Kier molecular flexibility index (Phi) is 3.81. The minimum absolute atomic E-state index is 0.421. The van der Waals surface area contributed by atoms with Crippen molar-refractivity contribution in [2.45, 2.75) is 20.0 Å². The van der Waals surface area contributed by atoms with E-state index >= 15 is 0 Å². The highest BCUT2D eigenvalue weighted by Crippen LogP contribution is 2.24. The molecule has 14 heavy (non-hydrogen) atoms. The number of para-hydroxylation sites is 2. The molecule has 0 saturated heterocycles. The molecule has 0 saturated carbocycles. The standard InChI is InChI=1S/C11H14N2O/c1-3-13-10-6-4-5-7-11(10)14-9(2)8-12/h4-7,9,13H,3H2,1-2H3. The molecule has 1 aromatic rings. The van der Waals surface area contributed by atoms with Crippen molar-refractivity contribution in [2.24, 2.45) is 0 Å². The van der Waals surface area contributed by atoms with Crippen molar-refractivity contribution in [1.82, 2.24) is 0 Å². The van der Waals surface area contributed by atoms with E-state index in [0.717, 1.165) is 18.0 Å². The van der Waals surface area contributed by atoms with Gasteiger partial charge in [0.1, 0.15) is 11.8 Å². The first-order valence-electron chi connectivity index (χ1n) is 4.67. The van der Waals surface area contributed by atoms with Gasteiger partial charge < -0.3 is 10.1 Å². The van der Waals surface area contributed by atoms with E-state index < -0.39 is 6.10 Å². The van der Waals surface area contributed by atoms with Gasteiger partial charge in [-0.2, -0.15) is 5.26 Å². The maximum Gasteiger partial charge on any atom is 0.181 e. The minimum atomic E-state index is -0.421. The van der Waals surface area contributed by atoms with Crippen LogP contribution in [-0.2, 0) is 0 Å². The molecule has 1 unspecified atom stereocenters. The van der Waals surface area contributed by atoms with Gasteiger partial charge in [-0.25, -0.2) is 0 Å². The monoisotopic (exact) mass is 190 g/mol. The predicted molar refractivity (Wildman–Crippen MR) is 56.3 cm³/mol. The van der Waals surface area contributed by atoms with Gasteiger partial charge in [0.05, 0.1) is 5.69 Å². The van der Waals surface area contributed by atoms with Gasteiger partial charge in [0.2, 0.25) is 0 Å². The zero-order valence-electron chi connectivity index (χ0n) is 8.45. The predicted octanol–water partition coefficient (Wildman–Crippen LogP) is 2.41. The van der Waals surface area contributed by atoms with Gasteiger partial charge in [-0.15, -0.1) is 0 Å². The fourth-order valence-corrected chi connectivity index (χ4v) is 1.12. The quantitative estimate of drug-likeness (QED) is 0.793. The molecule has 0 aliphatic rings. The number of anilines is 1. The van der Waals surface area contributed by atoms with Crippen molar-refractivity contribution in [1.29, 1.82) is 5.26 Å². The van der Waals surface area contributed by atoms with Crippen molar-refractivity contribution in [2.75, 3.05) is 11.9 Å². The number of hydrogen-bond donors (Lipinski definition) is 1. The molecule has 0 aliphatic carbocycles. The van der Waals surface area contributed by atoms with Crippen LogP contribution < -0.4 is 10.1 Å². The third-order valence-corrected chi connectivity index (χ3v) is 1.74. The molecule has 1 atom stereocenters. The average Bonchev–Trinajstić information content (AvgIpc) is 2.21. The lowest BCUT2D eigenvalue weighted by molar-refractivity contribution is 0.278. The number of hydrogen-bond acceptors (Lipinski definition) is 3. The molecule has 1 rings (SSSR count). The SMILES string of the molecule is CCNc1ccccc1OC(C)C#N. The highest BCUT2D eigenvalue weighted by Gasteiger charge is 2.05. The Labute approximate surface area is 84.3 Å². The van der Waals surface area contributed by atoms with Gasteiger partial charge in [-0.3, -0.25) is 0 Å². The van der Waals surface area contributed by atoms with Crippen molar-refractivity contribution in [3.05, 3.63) is 24.3 Å². The number of ether oxygens (including phenoxy) is 1. The van der Waals surface area contributed by atoms with Crippen LogP contribution in [0, 0.1) is 11.3 Å². The lowest BCUT2D eigenvalue weighted by atomic mass is 10.3. The van der Waals surface area contributed by atoms with E-state index in [1.807, 2.05) is 37.3 Å². The van der Waals surface area contributed by atoms with E-state index in [1.165, 1.54) is 0 Å². The highest BCUT2D eigenvalue weighted by atomic mass is 16.5. The van der Waals surface area contributed by atoms with Gasteiger partial charge in [0.25, 0.3) is 0 Å². The first-order chi connectivity index (χ1) is 6.77. The summed E-state index contributed by atoms with van der Waals surface area (Å²) >= 11 is 0. The molecule has 3 heteroatoms. The Morgan fingerprint density at radius 2 is 2.21 bits per heavy atom. The van der Waals surface area contributed by atoms with Crippen molar-refractivity contribution in [3.8, 4) is 11.8 Å². The normalized spacial score (nSPS) is 11.5. The third-order valence-electron chi connectivity index (χ3n) is 1.74. The van der Waals surface area contributed by atoms with Gasteiger partial charge in [0, 0.05) is 6.54 Å². The Morgan fingerprint density at radius 3 is 2.86 bits per heavy atom. The van der Waals surface area contributed by atoms with Gasteiger partial charge in [0.15, 0.2) is 6.10 Å². The van der Waals surface area contributed by atoms with Crippen LogP contribution in [0.15, 0.2) is 24.3 Å². The molecule has 0 heterocycles. The third kappa shape index (κ3) is 2.67. The second-order valence-corrected chi connectivity index (χ2v) is 2.92. The second kappa shape index (κ2) is 5.13. The van der Waals surface area contributed by atoms with Crippen molar-refractivity contribution in [3.63, 3.8) is 0 Å². The fraction of sp³-hybridized carbons (Fsp3) is 0.364. The Balaban J connectivity index is 2.79. The minimum Gasteiger partial charge on any atom is -0.474 e. The summed E-state index contributed by atoms with van der Waals surface area (Å²) in [5, 5.41) is 11.8. The van der Waals surface area contributed by atoms with E-state index in [-0.39, 0.29) is 0 Å². The number of nitrogens with zero attached hydrogens (tertiary/aromatic N) is 1. The van der Waals surface area contributed by atoms with Crippen LogP contribution in [-0.4, -0.2) is 12.6 Å². The van der Waals surface area contributed by atoms with Gasteiger partial charge >= 0.3 is 0 Å². The number of benzene rings is 1. The molecular formula is C11H14N2O. The van der Waals surface area contributed by atoms with E-state index in [4.69, 9.17) is 10.00 Å².